The zero-order chi connectivity index (χ0) is 23.5. The van der Waals surface area contributed by atoms with Gasteiger partial charge in [0.1, 0.15) is 29.5 Å². The third-order valence-electron chi connectivity index (χ3n) is 6.02. The summed E-state index contributed by atoms with van der Waals surface area (Å²) in [7, 11) is 0. The molecule has 2 N–H and O–H groups in total. The SMILES string of the molecule is C[C@@H]1CN([C@H]2COc3cc(F)cc(-c4c(F)cc5nc(C(F)(F)F)oc5c4N)c3C2)CCO1. The van der Waals surface area contributed by atoms with E-state index < -0.39 is 29.3 Å². The van der Waals surface area contributed by atoms with Crippen LogP contribution in [0.2, 0.25) is 0 Å². The quantitative estimate of drug-likeness (QED) is 0.443. The van der Waals surface area contributed by atoms with Crippen LogP contribution in [0.4, 0.5) is 27.6 Å². The average molecular weight is 469 g/mol. The minimum Gasteiger partial charge on any atom is -0.492 e. The van der Waals surface area contributed by atoms with Crippen LogP contribution in [0.1, 0.15) is 18.4 Å². The summed E-state index contributed by atoms with van der Waals surface area (Å²) in [5.74, 6) is -2.91. The number of benzene rings is 2. The molecule has 0 radical (unpaired) electrons. The minimum absolute atomic E-state index is 0.0395. The van der Waals surface area contributed by atoms with Gasteiger partial charge in [0.2, 0.25) is 0 Å². The second-order valence-corrected chi connectivity index (χ2v) is 8.29. The molecule has 3 aromatic rings. The number of nitrogens with two attached hydrogens (primary N) is 1. The number of morpholine rings is 1. The standard InChI is InChI=1S/C22H20F5N3O3/c1-10-8-30(2-3-31-10)12-6-13-14(4-11(23)5-17(13)32-9-12)18-15(24)7-16-20(19(18)28)33-21(29-16)22(25,26)27/h4-5,7,10,12H,2-3,6,8-9,28H2,1H3/t10-,12-/m1/s1. The molecule has 0 saturated carbocycles. The fraction of sp³-hybridized carbons (Fsp3) is 0.409. The van der Waals surface area contributed by atoms with Crippen LogP contribution >= 0.6 is 0 Å². The zero-order valence-electron chi connectivity index (χ0n) is 17.5. The number of aromatic nitrogens is 1. The fourth-order valence-corrected chi connectivity index (χ4v) is 4.52. The van der Waals surface area contributed by atoms with Crippen molar-refractivity contribution in [2.45, 2.75) is 31.7 Å². The van der Waals surface area contributed by atoms with Crippen molar-refractivity contribution >= 4 is 16.8 Å². The summed E-state index contributed by atoms with van der Waals surface area (Å²) in [6, 6.07) is 3.05. The van der Waals surface area contributed by atoms with Crippen molar-refractivity contribution in [3.05, 3.63) is 41.3 Å². The highest BCUT2D eigenvalue weighted by Crippen LogP contribution is 2.43. The summed E-state index contributed by atoms with van der Waals surface area (Å²) in [5.41, 5.74) is 5.27. The Bertz CT molecular complexity index is 1230. The number of hydrogen-bond acceptors (Lipinski definition) is 6. The lowest BCUT2D eigenvalue weighted by Crippen LogP contribution is -2.51. The fourth-order valence-electron chi connectivity index (χ4n) is 4.52. The highest BCUT2D eigenvalue weighted by Gasteiger charge is 2.38. The van der Waals surface area contributed by atoms with Gasteiger partial charge in [0.05, 0.1) is 18.4 Å². The van der Waals surface area contributed by atoms with Gasteiger partial charge >= 0.3 is 12.1 Å². The molecule has 176 valence electrons. The van der Waals surface area contributed by atoms with Crippen molar-refractivity contribution in [2.75, 3.05) is 32.0 Å². The maximum atomic E-state index is 15.1. The average Bonchev–Trinajstić information content (AvgIpc) is 3.18. The van der Waals surface area contributed by atoms with Crippen molar-refractivity contribution in [3.63, 3.8) is 0 Å². The molecule has 0 aliphatic carbocycles. The van der Waals surface area contributed by atoms with Crippen LogP contribution in [0.5, 0.6) is 5.75 Å². The largest absolute Gasteiger partial charge is 0.492 e. The first-order valence-corrected chi connectivity index (χ1v) is 10.4. The van der Waals surface area contributed by atoms with Gasteiger partial charge in [-0.2, -0.15) is 13.2 Å². The first-order valence-electron chi connectivity index (χ1n) is 10.4. The Balaban J connectivity index is 1.61. The lowest BCUT2D eigenvalue weighted by atomic mass is 9.90. The van der Waals surface area contributed by atoms with Crippen molar-refractivity contribution in [1.29, 1.82) is 0 Å². The van der Waals surface area contributed by atoms with E-state index in [0.717, 1.165) is 12.1 Å². The van der Waals surface area contributed by atoms with Gasteiger partial charge in [0.25, 0.3) is 0 Å². The summed E-state index contributed by atoms with van der Waals surface area (Å²) >= 11 is 0. The van der Waals surface area contributed by atoms with Crippen LogP contribution in [0, 0.1) is 11.6 Å². The van der Waals surface area contributed by atoms with E-state index in [9.17, 15) is 17.6 Å². The van der Waals surface area contributed by atoms with Gasteiger partial charge in [0, 0.05) is 42.4 Å². The number of ether oxygens (including phenoxy) is 2. The summed E-state index contributed by atoms with van der Waals surface area (Å²) in [6.07, 6.45) is -4.41. The van der Waals surface area contributed by atoms with Crippen LogP contribution in [0.25, 0.3) is 22.2 Å². The molecular formula is C22H20F5N3O3. The smallest absolute Gasteiger partial charge is 0.468 e. The van der Waals surface area contributed by atoms with E-state index in [2.05, 4.69) is 9.88 Å². The highest BCUT2D eigenvalue weighted by atomic mass is 19.4. The Hall–Kier alpha value is -2.92. The molecule has 1 saturated heterocycles. The molecule has 6 nitrogen and oxygen atoms in total. The Kier molecular flexibility index (Phi) is 5.20. The van der Waals surface area contributed by atoms with Crippen LogP contribution in [0.3, 0.4) is 0 Å². The lowest BCUT2D eigenvalue weighted by molar-refractivity contribution is -0.156. The Labute approximate surface area is 185 Å². The topological polar surface area (TPSA) is 73.8 Å². The summed E-state index contributed by atoms with van der Waals surface area (Å²) in [5, 5.41) is 0. The van der Waals surface area contributed by atoms with Gasteiger partial charge in [-0.15, -0.1) is 0 Å². The van der Waals surface area contributed by atoms with Gasteiger partial charge in [-0.05, 0) is 25.0 Å². The molecule has 0 spiro atoms. The normalized spacial score (nSPS) is 21.8. The summed E-state index contributed by atoms with van der Waals surface area (Å²) in [6.45, 7) is 4.21. The maximum Gasteiger partial charge on any atom is 0.468 e. The minimum atomic E-state index is -4.86. The molecule has 2 atom stereocenters. The number of rotatable bonds is 2. The molecule has 33 heavy (non-hydrogen) atoms. The van der Waals surface area contributed by atoms with Gasteiger partial charge in [-0.25, -0.2) is 13.8 Å². The van der Waals surface area contributed by atoms with Crippen LogP contribution in [0.15, 0.2) is 22.6 Å². The number of halogens is 5. The van der Waals surface area contributed by atoms with E-state index in [4.69, 9.17) is 19.6 Å². The van der Waals surface area contributed by atoms with Crippen LogP contribution in [-0.4, -0.2) is 48.3 Å². The molecule has 5 rings (SSSR count). The number of hydrogen-bond donors (Lipinski definition) is 1. The van der Waals surface area contributed by atoms with E-state index in [0.29, 0.717) is 38.3 Å². The summed E-state index contributed by atoms with van der Waals surface area (Å²) in [4.78, 5) is 5.49. The third-order valence-corrected chi connectivity index (χ3v) is 6.02. The van der Waals surface area contributed by atoms with Gasteiger partial charge in [-0.3, -0.25) is 4.90 Å². The Morgan fingerprint density at radius 1 is 1.18 bits per heavy atom. The molecule has 0 unspecified atom stereocenters. The lowest BCUT2D eigenvalue weighted by Gasteiger charge is -2.39. The van der Waals surface area contributed by atoms with E-state index in [1.165, 1.54) is 6.07 Å². The van der Waals surface area contributed by atoms with E-state index in [-0.39, 0.29) is 40.2 Å². The highest BCUT2D eigenvalue weighted by molar-refractivity contribution is 5.96. The predicted molar refractivity (Wildman–Crippen MR) is 109 cm³/mol. The predicted octanol–water partition coefficient (Wildman–Crippen LogP) is 4.40. The molecule has 3 heterocycles. The molecule has 2 aliphatic heterocycles. The number of fused-ring (bicyclic) bond motifs is 2. The Morgan fingerprint density at radius 3 is 2.70 bits per heavy atom. The molecular weight excluding hydrogens is 449 g/mol. The van der Waals surface area contributed by atoms with Crippen molar-refractivity contribution in [1.82, 2.24) is 9.88 Å². The second-order valence-electron chi connectivity index (χ2n) is 8.29. The first kappa shape index (κ1) is 21.9. The monoisotopic (exact) mass is 469 g/mol. The third kappa shape index (κ3) is 3.89. The molecule has 0 amide bonds. The number of nitrogens with zero attached hydrogens (tertiary/aromatic N) is 2. The molecule has 1 fully saturated rings. The van der Waals surface area contributed by atoms with E-state index in [1.54, 1.807) is 0 Å². The number of oxazole rings is 1. The van der Waals surface area contributed by atoms with Crippen LogP contribution < -0.4 is 10.5 Å². The van der Waals surface area contributed by atoms with Crippen molar-refractivity contribution < 1.29 is 35.8 Å². The summed E-state index contributed by atoms with van der Waals surface area (Å²) < 4.78 is 84.9. The number of alkyl halides is 3. The van der Waals surface area contributed by atoms with Gasteiger partial charge in [-0.1, -0.05) is 0 Å². The maximum absolute atomic E-state index is 15.1. The van der Waals surface area contributed by atoms with Crippen molar-refractivity contribution in [3.8, 4) is 16.9 Å². The van der Waals surface area contributed by atoms with Gasteiger partial charge in [0.15, 0.2) is 5.58 Å². The molecule has 0 bridgehead atoms. The Morgan fingerprint density at radius 2 is 1.97 bits per heavy atom. The van der Waals surface area contributed by atoms with Gasteiger partial charge < -0.3 is 19.6 Å². The van der Waals surface area contributed by atoms with Crippen LogP contribution in [-0.2, 0) is 17.3 Å². The van der Waals surface area contributed by atoms with E-state index >= 15 is 4.39 Å². The number of anilines is 1. The zero-order valence-corrected chi connectivity index (χ0v) is 17.5. The first-order chi connectivity index (χ1) is 15.6. The second kappa shape index (κ2) is 7.84. The molecule has 1 aromatic heterocycles. The molecule has 2 aromatic carbocycles. The number of nitrogen functional groups attached to an aromatic ring is 1. The van der Waals surface area contributed by atoms with E-state index in [1.807, 2.05) is 6.92 Å². The molecule has 11 heteroatoms. The van der Waals surface area contributed by atoms with Crippen molar-refractivity contribution in [2.24, 2.45) is 0 Å². The molecule has 2 aliphatic rings.